The van der Waals surface area contributed by atoms with Crippen LogP contribution in [0.1, 0.15) is 69.3 Å². The fourth-order valence-corrected chi connectivity index (χ4v) is 4.15. The predicted molar refractivity (Wildman–Crippen MR) is 116 cm³/mol. The van der Waals surface area contributed by atoms with Gasteiger partial charge in [-0.1, -0.05) is 0 Å². The monoisotopic (exact) mass is 422 g/mol. The number of amides is 1. The number of esters is 1. The number of benzene rings is 1. The molecule has 2 rings (SSSR count). The Morgan fingerprint density at radius 2 is 1.70 bits per heavy atom. The molecule has 0 radical (unpaired) electrons. The van der Waals surface area contributed by atoms with Gasteiger partial charge in [0.25, 0.3) is 0 Å². The summed E-state index contributed by atoms with van der Waals surface area (Å²) in [4.78, 5) is 28.3. The Labute approximate surface area is 179 Å². The second kappa shape index (κ2) is 9.67. The number of halogens is 1. The molecule has 168 valence electrons. The number of nitrogens with zero attached hydrogens (tertiary/aromatic N) is 2. The van der Waals surface area contributed by atoms with Crippen LogP contribution >= 0.6 is 0 Å². The van der Waals surface area contributed by atoms with Gasteiger partial charge in [0.1, 0.15) is 11.4 Å². The van der Waals surface area contributed by atoms with Crippen molar-refractivity contribution < 1.29 is 23.5 Å². The number of methoxy groups -OCH3 is 1. The van der Waals surface area contributed by atoms with Crippen LogP contribution in [-0.4, -0.2) is 55.3 Å². The molecule has 1 saturated carbocycles. The van der Waals surface area contributed by atoms with Crippen molar-refractivity contribution in [2.24, 2.45) is 0 Å². The van der Waals surface area contributed by atoms with E-state index in [1.54, 1.807) is 11.9 Å². The minimum Gasteiger partial charge on any atom is -0.465 e. The van der Waals surface area contributed by atoms with Crippen LogP contribution < -0.4 is 4.90 Å². The van der Waals surface area contributed by atoms with E-state index in [-0.39, 0.29) is 23.7 Å². The maximum Gasteiger partial charge on any atom is 0.410 e. The van der Waals surface area contributed by atoms with Gasteiger partial charge in [0.15, 0.2) is 0 Å². The van der Waals surface area contributed by atoms with Crippen LogP contribution in [0.5, 0.6) is 0 Å². The number of ether oxygens (including phenoxy) is 2. The van der Waals surface area contributed by atoms with Gasteiger partial charge in [0.05, 0.1) is 12.7 Å². The summed E-state index contributed by atoms with van der Waals surface area (Å²) in [5, 5.41) is 0. The molecule has 0 bridgehead atoms. The Hall–Kier alpha value is -2.31. The molecule has 1 aromatic rings. The summed E-state index contributed by atoms with van der Waals surface area (Å²) < 4.78 is 24.6. The van der Waals surface area contributed by atoms with Crippen molar-refractivity contribution in [3.63, 3.8) is 0 Å². The molecule has 1 aliphatic rings. The first kappa shape index (κ1) is 24.0. The van der Waals surface area contributed by atoms with Crippen molar-refractivity contribution in [1.82, 2.24) is 4.90 Å². The zero-order chi connectivity index (χ0) is 22.6. The largest absolute Gasteiger partial charge is 0.465 e. The lowest BCUT2D eigenvalue weighted by Crippen LogP contribution is -2.46. The molecule has 0 saturated heterocycles. The van der Waals surface area contributed by atoms with Gasteiger partial charge < -0.3 is 19.3 Å². The van der Waals surface area contributed by atoms with E-state index in [0.29, 0.717) is 6.54 Å². The minimum absolute atomic E-state index is 0.119. The van der Waals surface area contributed by atoms with Crippen molar-refractivity contribution in [2.75, 3.05) is 25.6 Å². The first-order chi connectivity index (χ1) is 14.0. The molecule has 1 aliphatic carbocycles. The maximum absolute atomic E-state index is 14.3. The standard InChI is InChI=1S/C23H35FN2O4/c1-8-26(20-14-16(24)13-19(15(20)2)21(27)29-7)18-11-9-17(10-12-18)25(6)22(28)30-23(3,4)5/h13-14,17-18H,8-12H2,1-7H3/t17-,18-. The molecule has 6 nitrogen and oxygen atoms in total. The quantitative estimate of drug-likeness (QED) is 0.630. The first-order valence-electron chi connectivity index (χ1n) is 10.6. The molecule has 0 aromatic heterocycles. The molecule has 0 spiro atoms. The second-order valence-electron chi connectivity index (χ2n) is 8.93. The average Bonchev–Trinajstić information content (AvgIpc) is 2.68. The summed E-state index contributed by atoms with van der Waals surface area (Å²) in [7, 11) is 3.09. The SMILES string of the molecule is CCN(c1cc(F)cc(C(=O)OC)c1C)[C@H]1CC[C@H](N(C)C(=O)OC(C)(C)C)CC1. The third kappa shape index (κ3) is 5.64. The van der Waals surface area contributed by atoms with E-state index in [1.807, 2.05) is 34.6 Å². The van der Waals surface area contributed by atoms with E-state index in [9.17, 15) is 14.0 Å². The number of anilines is 1. The van der Waals surface area contributed by atoms with Crippen LogP contribution in [-0.2, 0) is 9.47 Å². The van der Waals surface area contributed by atoms with Crippen LogP contribution in [0, 0.1) is 12.7 Å². The highest BCUT2D eigenvalue weighted by Crippen LogP contribution is 2.33. The second-order valence-corrected chi connectivity index (χ2v) is 8.93. The number of carbonyl (C=O) groups is 2. The summed E-state index contributed by atoms with van der Waals surface area (Å²) in [5.74, 6) is -0.986. The predicted octanol–water partition coefficient (Wildman–Crippen LogP) is 4.93. The van der Waals surface area contributed by atoms with Crippen LogP contribution in [0.15, 0.2) is 12.1 Å². The van der Waals surface area contributed by atoms with Crippen molar-refractivity contribution in [3.8, 4) is 0 Å². The zero-order valence-corrected chi connectivity index (χ0v) is 19.3. The fraction of sp³-hybridized carbons (Fsp3) is 0.652. The molecule has 0 aliphatic heterocycles. The number of hydrogen-bond acceptors (Lipinski definition) is 5. The maximum atomic E-state index is 14.3. The average molecular weight is 423 g/mol. The van der Waals surface area contributed by atoms with E-state index in [4.69, 9.17) is 9.47 Å². The Bertz CT molecular complexity index is 767. The molecule has 0 atom stereocenters. The molecule has 30 heavy (non-hydrogen) atoms. The smallest absolute Gasteiger partial charge is 0.410 e. The molecule has 1 aromatic carbocycles. The van der Waals surface area contributed by atoms with Gasteiger partial charge in [0.2, 0.25) is 0 Å². The highest BCUT2D eigenvalue weighted by Gasteiger charge is 2.32. The van der Waals surface area contributed by atoms with E-state index in [0.717, 1.165) is 36.9 Å². The summed E-state index contributed by atoms with van der Waals surface area (Å²) in [6, 6.07) is 3.05. The van der Waals surface area contributed by atoms with Crippen molar-refractivity contribution in [3.05, 3.63) is 29.1 Å². The Kier molecular flexibility index (Phi) is 7.72. The highest BCUT2D eigenvalue weighted by molar-refractivity contribution is 5.92. The van der Waals surface area contributed by atoms with Crippen LogP contribution in [0.2, 0.25) is 0 Å². The van der Waals surface area contributed by atoms with Gasteiger partial charge in [-0.2, -0.15) is 0 Å². The zero-order valence-electron chi connectivity index (χ0n) is 19.3. The number of rotatable bonds is 5. The van der Waals surface area contributed by atoms with Crippen LogP contribution in [0.25, 0.3) is 0 Å². The molecule has 0 unspecified atom stereocenters. The Morgan fingerprint density at radius 1 is 1.13 bits per heavy atom. The minimum atomic E-state index is -0.535. The van der Waals surface area contributed by atoms with E-state index < -0.39 is 17.4 Å². The van der Waals surface area contributed by atoms with Gasteiger partial charge >= 0.3 is 12.1 Å². The molecule has 0 heterocycles. The first-order valence-corrected chi connectivity index (χ1v) is 10.6. The van der Waals surface area contributed by atoms with Gasteiger partial charge in [-0.25, -0.2) is 14.0 Å². The molecular formula is C23H35FN2O4. The van der Waals surface area contributed by atoms with E-state index in [1.165, 1.54) is 19.2 Å². The summed E-state index contributed by atoms with van der Waals surface area (Å²) in [6.45, 7) is 10.1. The lowest BCUT2D eigenvalue weighted by atomic mass is 9.88. The molecule has 0 N–H and O–H groups in total. The van der Waals surface area contributed by atoms with Gasteiger partial charge in [-0.3, -0.25) is 0 Å². The molecular weight excluding hydrogens is 387 g/mol. The van der Waals surface area contributed by atoms with Gasteiger partial charge in [0, 0.05) is 31.4 Å². The third-order valence-electron chi connectivity index (χ3n) is 5.74. The normalized spacial score (nSPS) is 19.2. The lowest BCUT2D eigenvalue weighted by molar-refractivity contribution is 0.0183. The van der Waals surface area contributed by atoms with Crippen LogP contribution in [0.3, 0.4) is 0 Å². The topological polar surface area (TPSA) is 59.1 Å². The number of hydrogen-bond donors (Lipinski definition) is 0. The molecule has 1 amide bonds. The van der Waals surface area contributed by atoms with E-state index >= 15 is 0 Å². The molecule has 1 fully saturated rings. The van der Waals surface area contributed by atoms with Crippen molar-refractivity contribution in [2.45, 2.75) is 78.0 Å². The highest BCUT2D eigenvalue weighted by atomic mass is 19.1. The van der Waals surface area contributed by atoms with Gasteiger partial charge in [-0.05, 0) is 78.0 Å². The Morgan fingerprint density at radius 3 is 2.20 bits per heavy atom. The van der Waals surface area contributed by atoms with Crippen molar-refractivity contribution >= 4 is 17.7 Å². The lowest BCUT2D eigenvalue weighted by Gasteiger charge is -2.41. The van der Waals surface area contributed by atoms with Crippen molar-refractivity contribution in [1.29, 1.82) is 0 Å². The summed E-state index contributed by atoms with van der Waals surface area (Å²) >= 11 is 0. The number of carbonyl (C=O) groups excluding carboxylic acids is 2. The fourth-order valence-electron chi connectivity index (χ4n) is 4.15. The molecule has 7 heteroatoms. The third-order valence-corrected chi connectivity index (χ3v) is 5.74. The van der Waals surface area contributed by atoms with Gasteiger partial charge in [-0.15, -0.1) is 0 Å². The van der Waals surface area contributed by atoms with E-state index in [2.05, 4.69) is 4.90 Å². The Balaban J connectivity index is 2.13. The summed E-state index contributed by atoms with van der Waals surface area (Å²) in [6.07, 6.45) is 3.12. The summed E-state index contributed by atoms with van der Waals surface area (Å²) in [5.41, 5.74) is 1.18. The van der Waals surface area contributed by atoms with Crippen LogP contribution in [0.4, 0.5) is 14.9 Å².